The van der Waals surface area contributed by atoms with Gasteiger partial charge in [-0.15, -0.1) is 0 Å². The minimum absolute atomic E-state index is 0.00369. The summed E-state index contributed by atoms with van der Waals surface area (Å²) in [5.41, 5.74) is 3.02. The van der Waals surface area contributed by atoms with E-state index in [0.29, 0.717) is 24.5 Å². The maximum absolute atomic E-state index is 13.7. The molecule has 190 valence electrons. The average molecular weight is 489 g/mol. The van der Waals surface area contributed by atoms with Crippen molar-refractivity contribution in [1.82, 2.24) is 10.2 Å². The lowest BCUT2D eigenvalue weighted by molar-refractivity contribution is -0.143. The predicted octanol–water partition coefficient (Wildman–Crippen LogP) is 4.94. The highest BCUT2D eigenvalue weighted by atomic mass is 16.5. The van der Waals surface area contributed by atoms with Crippen molar-refractivity contribution < 1.29 is 19.1 Å². The first kappa shape index (κ1) is 26.8. The zero-order chi connectivity index (χ0) is 25.9. The van der Waals surface area contributed by atoms with E-state index in [0.717, 1.165) is 23.1 Å². The third-order valence-electron chi connectivity index (χ3n) is 6.29. The van der Waals surface area contributed by atoms with Gasteiger partial charge >= 0.3 is 0 Å². The SMILES string of the molecule is CC[C@@H](C)NC(=O)[C@H](Cc1ccccc1)N(Cc1ccccc1C)C(=O)COc1ccccc1OC. The van der Waals surface area contributed by atoms with Gasteiger partial charge in [0.2, 0.25) is 5.91 Å². The Bertz CT molecular complexity index is 1130. The summed E-state index contributed by atoms with van der Waals surface area (Å²) in [6.45, 7) is 6.08. The number of methoxy groups -OCH3 is 1. The van der Waals surface area contributed by atoms with Crippen LogP contribution in [-0.4, -0.2) is 42.5 Å². The Morgan fingerprint density at radius 1 is 0.917 bits per heavy atom. The molecule has 0 spiro atoms. The van der Waals surface area contributed by atoms with Crippen LogP contribution in [0.25, 0.3) is 0 Å². The van der Waals surface area contributed by atoms with Gasteiger partial charge in [-0.05, 0) is 49.1 Å². The van der Waals surface area contributed by atoms with Gasteiger partial charge in [-0.2, -0.15) is 0 Å². The van der Waals surface area contributed by atoms with Crippen LogP contribution in [0.3, 0.4) is 0 Å². The standard InChI is InChI=1S/C30H36N2O4/c1-5-23(3)31-30(34)26(19-24-14-7-6-8-15-24)32(20-25-16-10-9-13-22(25)2)29(33)21-36-28-18-12-11-17-27(28)35-4/h6-18,23,26H,5,19-21H2,1-4H3,(H,31,34)/t23-,26+/m1/s1. The highest BCUT2D eigenvalue weighted by Gasteiger charge is 2.31. The number of para-hydroxylation sites is 2. The molecule has 0 aliphatic rings. The molecule has 0 unspecified atom stereocenters. The van der Waals surface area contributed by atoms with Crippen molar-refractivity contribution in [3.63, 3.8) is 0 Å². The molecule has 0 fully saturated rings. The summed E-state index contributed by atoms with van der Waals surface area (Å²) in [5.74, 6) is 0.579. The number of aryl methyl sites for hydroxylation is 1. The van der Waals surface area contributed by atoms with E-state index in [2.05, 4.69) is 5.32 Å². The minimum Gasteiger partial charge on any atom is -0.493 e. The molecular weight excluding hydrogens is 452 g/mol. The molecule has 0 aliphatic heterocycles. The highest BCUT2D eigenvalue weighted by Crippen LogP contribution is 2.26. The Morgan fingerprint density at radius 3 is 2.22 bits per heavy atom. The molecule has 0 bridgehead atoms. The molecular formula is C30H36N2O4. The van der Waals surface area contributed by atoms with E-state index in [1.54, 1.807) is 24.1 Å². The summed E-state index contributed by atoms with van der Waals surface area (Å²) in [6.07, 6.45) is 1.20. The summed E-state index contributed by atoms with van der Waals surface area (Å²) < 4.78 is 11.2. The lowest BCUT2D eigenvalue weighted by atomic mass is 10.0. The van der Waals surface area contributed by atoms with Gasteiger partial charge < -0.3 is 19.7 Å². The molecule has 0 aliphatic carbocycles. The van der Waals surface area contributed by atoms with Crippen molar-refractivity contribution in [2.45, 2.75) is 52.2 Å². The Balaban J connectivity index is 1.94. The van der Waals surface area contributed by atoms with Crippen molar-refractivity contribution in [1.29, 1.82) is 0 Å². The molecule has 3 aromatic rings. The van der Waals surface area contributed by atoms with Gasteiger partial charge in [0.1, 0.15) is 6.04 Å². The predicted molar refractivity (Wildman–Crippen MR) is 142 cm³/mol. The van der Waals surface area contributed by atoms with Gasteiger partial charge in [-0.1, -0.05) is 73.7 Å². The Hall–Kier alpha value is -3.80. The molecule has 6 nitrogen and oxygen atoms in total. The molecule has 0 saturated carbocycles. The number of carbonyl (C=O) groups excluding carboxylic acids is 2. The summed E-state index contributed by atoms with van der Waals surface area (Å²) in [6, 6.07) is 24.2. The number of amides is 2. The molecule has 3 rings (SSSR count). The normalized spacial score (nSPS) is 12.3. The van der Waals surface area contributed by atoms with E-state index >= 15 is 0 Å². The summed E-state index contributed by atoms with van der Waals surface area (Å²) in [4.78, 5) is 28.9. The summed E-state index contributed by atoms with van der Waals surface area (Å²) in [7, 11) is 1.56. The van der Waals surface area contributed by atoms with Crippen LogP contribution in [0.15, 0.2) is 78.9 Å². The summed E-state index contributed by atoms with van der Waals surface area (Å²) >= 11 is 0. The largest absolute Gasteiger partial charge is 0.493 e. The van der Waals surface area contributed by atoms with Crippen LogP contribution in [0.2, 0.25) is 0 Å². The Morgan fingerprint density at radius 2 is 1.56 bits per heavy atom. The number of ether oxygens (including phenoxy) is 2. The monoisotopic (exact) mass is 488 g/mol. The van der Waals surface area contributed by atoms with Crippen molar-refractivity contribution in [2.75, 3.05) is 13.7 Å². The van der Waals surface area contributed by atoms with Crippen LogP contribution in [0, 0.1) is 6.92 Å². The lowest BCUT2D eigenvalue weighted by Crippen LogP contribution is -2.53. The van der Waals surface area contributed by atoms with Gasteiger partial charge in [-0.25, -0.2) is 0 Å². The first-order valence-corrected chi connectivity index (χ1v) is 12.4. The maximum atomic E-state index is 13.7. The number of hydrogen-bond acceptors (Lipinski definition) is 4. The van der Waals surface area contributed by atoms with Crippen LogP contribution in [0.1, 0.15) is 37.0 Å². The zero-order valence-electron chi connectivity index (χ0n) is 21.6. The maximum Gasteiger partial charge on any atom is 0.261 e. The van der Waals surface area contributed by atoms with Gasteiger partial charge in [0, 0.05) is 19.0 Å². The second kappa shape index (κ2) is 13.3. The van der Waals surface area contributed by atoms with Gasteiger partial charge in [0.25, 0.3) is 5.91 Å². The molecule has 36 heavy (non-hydrogen) atoms. The van der Waals surface area contributed by atoms with E-state index in [-0.39, 0.29) is 24.5 Å². The smallest absolute Gasteiger partial charge is 0.261 e. The van der Waals surface area contributed by atoms with Crippen molar-refractivity contribution in [3.8, 4) is 11.5 Å². The number of benzene rings is 3. The number of rotatable bonds is 12. The van der Waals surface area contributed by atoms with E-state index in [4.69, 9.17) is 9.47 Å². The van der Waals surface area contributed by atoms with E-state index in [1.165, 1.54) is 0 Å². The Labute approximate surface area is 214 Å². The van der Waals surface area contributed by atoms with Crippen LogP contribution >= 0.6 is 0 Å². The minimum atomic E-state index is -0.699. The topological polar surface area (TPSA) is 67.9 Å². The number of carbonyl (C=O) groups is 2. The molecule has 3 aromatic carbocycles. The third-order valence-corrected chi connectivity index (χ3v) is 6.29. The third kappa shape index (κ3) is 7.35. The van der Waals surface area contributed by atoms with Crippen molar-refractivity contribution >= 4 is 11.8 Å². The molecule has 0 radical (unpaired) electrons. The van der Waals surface area contributed by atoms with Crippen LogP contribution in [0.4, 0.5) is 0 Å². The molecule has 2 atom stereocenters. The van der Waals surface area contributed by atoms with E-state index < -0.39 is 6.04 Å². The Kier molecular flexibility index (Phi) is 9.92. The fraction of sp³-hybridized carbons (Fsp3) is 0.333. The van der Waals surface area contributed by atoms with Gasteiger partial charge in [-0.3, -0.25) is 9.59 Å². The molecule has 6 heteroatoms. The number of nitrogens with zero attached hydrogens (tertiary/aromatic N) is 1. The highest BCUT2D eigenvalue weighted by molar-refractivity contribution is 5.88. The van der Waals surface area contributed by atoms with Crippen molar-refractivity contribution in [3.05, 3.63) is 95.6 Å². The number of nitrogens with one attached hydrogen (secondary N) is 1. The molecule has 0 saturated heterocycles. The zero-order valence-corrected chi connectivity index (χ0v) is 21.6. The van der Waals surface area contributed by atoms with Gasteiger partial charge in [0.15, 0.2) is 18.1 Å². The van der Waals surface area contributed by atoms with Gasteiger partial charge in [0.05, 0.1) is 7.11 Å². The molecule has 2 amide bonds. The van der Waals surface area contributed by atoms with E-state index in [9.17, 15) is 9.59 Å². The number of hydrogen-bond donors (Lipinski definition) is 1. The second-order valence-electron chi connectivity index (χ2n) is 8.91. The second-order valence-corrected chi connectivity index (χ2v) is 8.91. The van der Waals surface area contributed by atoms with Crippen LogP contribution in [0.5, 0.6) is 11.5 Å². The van der Waals surface area contributed by atoms with E-state index in [1.807, 2.05) is 87.5 Å². The fourth-order valence-corrected chi connectivity index (χ4v) is 3.93. The first-order valence-electron chi connectivity index (χ1n) is 12.4. The first-order chi connectivity index (χ1) is 17.4. The van der Waals surface area contributed by atoms with Crippen LogP contribution in [-0.2, 0) is 22.6 Å². The molecule has 0 heterocycles. The quantitative estimate of drug-likeness (QED) is 0.392. The summed E-state index contributed by atoms with van der Waals surface area (Å²) in [5, 5.41) is 3.08. The lowest BCUT2D eigenvalue weighted by Gasteiger charge is -2.32. The fourth-order valence-electron chi connectivity index (χ4n) is 3.93. The van der Waals surface area contributed by atoms with Crippen LogP contribution < -0.4 is 14.8 Å². The van der Waals surface area contributed by atoms with Crippen molar-refractivity contribution in [2.24, 2.45) is 0 Å². The molecule has 0 aromatic heterocycles. The average Bonchev–Trinajstić information content (AvgIpc) is 2.90. The molecule has 1 N–H and O–H groups in total.